The van der Waals surface area contributed by atoms with E-state index in [1.807, 2.05) is 35.7 Å². The fourth-order valence-electron chi connectivity index (χ4n) is 3.37. The molecular weight excluding hydrogens is 448 g/mol. The number of aromatic nitrogens is 1. The average molecular weight is 469 g/mol. The molecular formula is C24H21ClN2O2S2. The van der Waals surface area contributed by atoms with E-state index in [0.717, 1.165) is 41.9 Å². The number of benzene rings is 2. The van der Waals surface area contributed by atoms with E-state index < -0.39 is 0 Å². The number of thiophene rings is 1. The molecule has 0 unspecified atom stereocenters. The van der Waals surface area contributed by atoms with Gasteiger partial charge >= 0.3 is 4.87 Å². The molecule has 0 bridgehead atoms. The lowest BCUT2D eigenvalue weighted by Crippen LogP contribution is -2.24. The van der Waals surface area contributed by atoms with Crippen LogP contribution in [-0.2, 0) is 6.42 Å². The second-order valence-electron chi connectivity index (χ2n) is 7.08. The molecule has 4 nitrogen and oxygen atoms in total. The summed E-state index contributed by atoms with van der Waals surface area (Å²) in [7, 11) is 0. The molecule has 1 amide bonds. The first-order valence-corrected chi connectivity index (χ1v) is 12.1. The zero-order valence-electron chi connectivity index (χ0n) is 16.7. The molecule has 0 saturated carbocycles. The van der Waals surface area contributed by atoms with Crippen molar-refractivity contribution in [2.75, 3.05) is 6.54 Å². The first-order chi connectivity index (χ1) is 15.1. The average Bonchev–Trinajstić information content (AvgIpc) is 3.43. The number of hydrogen-bond acceptors (Lipinski definition) is 4. The van der Waals surface area contributed by atoms with E-state index in [1.165, 1.54) is 4.88 Å². The highest BCUT2D eigenvalue weighted by Crippen LogP contribution is 2.25. The lowest BCUT2D eigenvalue weighted by atomic mass is 10.1. The summed E-state index contributed by atoms with van der Waals surface area (Å²) in [6.45, 7) is 0.639. The van der Waals surface area contributed by atoms with Crippen LogP contribution in [0.15, 0.2) is 76.2 Å². The van der Waals surface area contributed by atoms with Gasteiger partial charge in [0.1, 0.15) is 0 Å². The maximum atomic E-state index is 12.6. The van der Waals surface area contributed by atoms with Crippen molar-refractivity contribution >= 4 is 40.2 Å². The highest BCUT2D eigenvalue weighted by Gasteiger charge is 2.13. The number of aryl methyl sites for hydroxylation is 1. The molecule has 0 fully saturated rings. The molecule has 0 aliphatic heterocycles. The molecule has 0 aliphatic rings. The van der Waals surface area contributed by atoms with Crippen molar-refractivity contribution in [3.63, 3.8) is 0 Å². The van der Waals surface area contributed by atoms with Gasteiger partial charge < -0.3 is 5.32 Å². The number of rotatable bonds is 8. The smallest absolute Gasteiger partial charge is 0.312 e. The fourth-order valence-corrected chi connectivity index (χ4v) is 5.07. The molecule has 0 saturated heterocycles. The molecule has 2 aromatic carbocycles. The summed E-state index contributed by atoms with van der Waals surface area (Å²) in [5, 5.41) is 7.46. The van der Waals surface area contributed by atoms with Crippen molar-refractivity contribution in [1.29, 1.82) is 0 Å². The molecule has 2 heterocycles. The standard InChI is InChI=1S/C24H21ClN2O2S2/c25-19-8-4-9-20(15-19)27-22(16-31-24(27)29)17-6-3-7-18(14-17)23(28)26-12-2-1-10-21-11-5-13-30-21/h3-9,11,13-16H,1-2,10,12H2,(H,26,28). The summed E-state index contributed by atoms with van der Waals surface area (Å²) in [6, 6.07) is 18.7. The zero-order valence-corrected chi connectivity index (χ0v) is 19.1. The Morgan fingerprint density at radius 3 is 2.68 bits per heavy atom. The lowest BCUT2D eigenvalue weighted by Gasteiger charge is -2.10. The van der Waals surface area contributed by atoms with Crippen LogP contribution in [0.1, 0.15) is 28.1 Å². The quantitative estimate of drug-likeness (QED) is 0.321. The molecule has 0 aliphatic carbocycles. The lowest BCUT2D eigenvalue weighted by molar-refractivity contribution is 0.0953. The fraction of sp³-hybridized carbons (Fsp3) is 0.167. The van der Waals surface area contributed by atoms with Gasteiger partial charge in [0, 0.05) is 33.0 Å². The Balaban J connectivity index is 1.45. The van der Waals surface area contributed by atoms with Gasteiger partial charge in [-0.25, -0.2) is 0 Å². The summed E-state index contributed by atoms with van der Waals surface area (Å²) in [4.78, 5) is 26.4. The van der Waals surface area contributed by atoms with E-state index in [1.54, 1.807) is 34.1 Å². The van der Waals surface area contributed by atoms with Gasteiger partial charge in [0.15, 0.2) is 0 Å². The van der Waals surface area contributed by atoms with Crippen molar-refractivity contribution in [3.8, 4) is 16.9 Å². The molecule has 1 N–H and O–H groups in total. The van der Waals surface area contributed by atoms with Gasteiger partial charge in [0.25, 0.3) is 5.91 Å². The van der Waals surface area contributed by atoms with E-state index >= 15 is 0 Å². The first kappa shape index (κ1) is 21.6. The van der Waals surface area contributed by atoms with E-state index in [2.05, 4.69) is 22.8 Å². The zero-order chi connectivity index (χ0) is 21.6. The molecule has 2 aromatic heterocycles. The van der Waals surface area contributed by atoms with Crippen molar-refractivity contribution in [2.45, 2.75) is 19.3 Å². The third-order valence-electron chi connectivity index (χ3n) is 4.90. The summed E-state index contributed by atoms with van der Waals surface area (Å²) in [5.74, 6) is -0.107. The largest absolute Gasteiger partial charge is 0.352 e. The van der Waals surface area contributed by atoms with Crippen LogP contribution in [0.2, 0.25) is 5.02 Å². The summed E-state index contributed by atoms with van der Waals surface area (Å²) in [5.41, 5.74) is 2.83. The number of nitrogens with zero attached hydrogens (tertiary/aromatic N) is 1. The van der Waals surface area contributed by atoms with Crippen LogP contribution in [0.4, 0.5) is 0 Å². The minimum atomic E-state index is -0.107. The number of unbranched alkanes of at least 4 members (excludes halogenated alkanes) is 1. The molecule has 158 valence electrons. The Morgan fingerprint density at radius 2 is 1.87 bits per heavy atom. The first-order valence-electron chi connectivity index (χ1n) is 9.99. The van der Waals surface area contributed by atoms with Gasteiger partial charge in [0.2, 0.25) is 0 Å². The third kappa shape index (κ3) is 5.34. The highest BCUT2D eigenvalue weighted by molar-refractivity contribution is 7.09. The number of amides is 1. The number of hydrogen-bond donors (Lipinski definition) is 1. The maximum Gasteiger partial charge on any atom is 0.312 e. The Morgan fingerprint density at radius 1 is 1.00 bits per heavy atom. The Kier molecular flexibility index (Phi) is 7.02. The van der Waals surface area contributed by atoms with Gasteiger partial charge in [-0.05, 0) is 61.0 Å². The monoisotopic (exact) mass is 468 g/mol. The number of thiazole rings is 1. The van der Waals surface area contributed by atoms with Crippen molar-refractivity contribution in [2.24, 2.45) is 0 Å². The second-order valence-corrected chi connectivity index (χ2v) is 9.36. The van der Waals surface area contributed by atoms with Crippen LogP contribution in [0.3, 0.4) is 0 Å². The molecule has 31 heavy (non-hydrogen) atoms. The van der Waals surface area contributed by atoms with Crippen molar-refractivity contribution in [3.05, 3.63) is 96.6 Å². The Labute approximate surface area is 193 Å². The summed E-state index contributed by atoms with van der Waals surface area (Å²) in [6.07, 6.45) is 3.02. The Hall–Kier alpha value is -2.67. The van der Waals surface area contributed by atoms with Gasteiger partial charge in [-0.1, -0.05) is 47.2 Å². The maximum absolute atomic E-state index is 12.6. The van der Waals surface area contributed by atoms with Crippen LogP contribution >= 0.6 is 34.3 Å². The summed E-state index contributed by atoms with van der Waals surface area (Å²) >= 11 is 9.01. The number of halogens is 1. The highest BCUT2D eigenvalue weighted by atomic mass is 35.5. The van der Waals surface area contributed by atoms with E-state index in [9.17, 15) is 9.59 Å². The topological polar surface area (TPSA) is 51.1 Å². The van der Waals surface area contributed by atoms with E-state index in [-0.39, 0.29) is 10.8 Å². The summed E-state index contributed by atoms with van der Waals surface area (Å²) < 4.78 is 1.62. The number of nitrogens with one attached hydrogen (secondary N) is 1. The van der Waals surface area contributed by atoms with Gasteiger partial charge in [-0.3, -0.25) is 14.2 Å². The van der Waals surface area contributed by atoms with Gasteiger partial charge in [-0.2, -0.15) is 0 Å². The predicted molar refractivity (Wildman–Crippen MR) is 130 cm³/mol. The molecule has 7 heteroatoms. The third-order valence-corrected chi connectivity index (χ3v) is 6.79. The molecule has 4 rings (SSSR count). The van der Waals surface area contributed by atoms with Crippen LogP contribution < -0.4 is 10.2 Å². The second kappa shape index (κ2) is 10.1. The van der Waals surface area contributed by atoms with Crippen LogP contribution in [-0.4, -0.2) is 17.0 Å². The molecule has 0 radical (unpaired) electrons. The van der Waals surface area contributed by atoms with Crippen molar-refractivity contribution < 1.29 is 4.79 Å². The van der Waals surface area contributed by atoms with Crippen molar-refractivity contribution in [1.82, 2.24) is 9.88 Å². The minimum Gasteiger partial charge on any atom is -0.352 e. The van der Waals surface area contributed by atoms with Gasteiger partial charge in [0.05, 0.1) is 11.4 Å². The minimum absolute atomic E-state index is 0.0992. The van der Waals surface area contributed by atoms with E-state index in [0.29, 0.717) is 22.8 Å². The number of carbonyl (C=O) groups is 1. The predicted octanol–water partition coefficient (Wildman–Crippen LogP) is 6.03. The molecule has 0 atom stereocenters. The van der Waals surface area contributed by atoms with Crippen LogP contribution in [0, 0.1) is 0 Å². The van der Waals surface area contributed by atoms with Crippen LogP contribution in [0.25, 0.3) is 16.9 Å². The molecule has 0 spiro atoms. The normalized spacial score (nSPS) is 10.9. The number of carbonyl (C=O) groups excluding carboxylic acids is 1. The molecule has 4 aromatic rings. The van der Waals surface area contributed by atoms with Gasteiger partial charge in [-0.15, -0.1) is 11.3 Å². The van der Waals surface area contributed by atoms with Crippen LogP contribution in [0.5, 0.6) is 0 Å². The van der Waals surface area contributed by atoms with E-state index in [4.69, 9.17) is 11.6 Å². The SMILES string of the molecule is O=C(NCCCCc1cccs1)c1cccc(-c2csc(=O)n2-c2cccc(Cl)c2)c1. The Bertz CT molecular complexity index is 1230.